The third-order valence-corrected chi connectivity index (χ3v) is 4.76. The lowest BCUT2D eigenvalue weighted by atomic mass is 10.1. The third kappa shape index (κ3) is 4.70. The molecule has 0 aromatic heterocycles. The summed E-state index contributed by atoms with van der Waals surface area (Å²) >= 11 is 6.07. The standard InChI is InChI=1S/C21H22ClN3O3/c1-24(14-16-12-17(22)8-10-19(16)28-2)21(27)18-9-11-20(26)25(23-18)13-15-6-4-3-5-7-15/h3-8,10,12H,9,11,13-14H2,1-2H3. The van der Waals surface area contributed by atoms with E-state index in [0.717, 1.165) is 11.1 Å². The molecule has 1 aliphatic heterocycles. The lowest BCUT2D eigenvalue weighted by Gasteiger charge is -2.26. The van der Waals surface area contributed by atoms with Gasteiger partial charge in [0, 0.05) is 37.0 Å². The second-order valence-electron chi connectivity index (χ2n) is 6.60. The first-order valence-corrected chi connectivity index (χ1v) is 9.35. The maximum Gasteiger partial charge on any atom is 0.270 e. The summed E-state index contributed by atoms with van der Waals surface area (Å²) in [7, 11) is 3.27. The molecule has 28 heavy (non-hydrogen) atoms. The highest BCUT2D eigenvalue weighted by Gasteiger charge is 2.26. The van der Waals surface area contributed by atoms with E-state index in [1.54, 1.807) is 37.3 Å². The van der Waals surface area contributed by atoms with E-state index >= 15 is 0 Å². The number of benzene rings is 2. The monoisotopic (exact) mass is 399 g/mol. The van der Waals surface area contributed by atoms with Gasteiger partial charge < -0.3 is 9.64 Å². The van der Waals surface area contributed by atoms with Crippen molar-refractivity contribution in [2.24, 2.45) is 5.10 Å². The van der Waals surface area contributed by atoms with E-state index in [4.69, 9.17) is 16.3 Å². The molecule has 0 aliphatic carbocycles. The molecule has 2 amide bonds. The molecule has 0 N–H and O–H groups in total. The van der Waals surface area contributed by atoms with Gasteiger partial charge in [-0.1, -0.05) is 41.9 Å². The van der Waals surface area contributed by atoms with Gasteiger partial charge >= 0.3 is 0 Å². The quantitative estimate of drug-likeness (QED) is 0.747. The minimum atomic E-state index is -0.215. The zero-order chi connectivity index (χ0) is 20.1. The zero-order valence-electron chi connectivity index (χ0n) is 15.9. The van der Waals surface area contributed by atoms with Crippen LogP contribution in [0.2, 0.25) is 5.02 Å². The van der Waals surface area contributed by atoms with Crippen LogP contribution in [0.4, 0.5) is 0 Å². The van der Waals surface area contributed by atoms with Crippen molar-refractivity contribution in [2.45, 2.75) is 25.9 Å². The highest BCUT2D eigenvalue weighted by molar-refractivity contribution is 6.39. The molecule has 0 radical (unpaired) electrons. The predicted octanol–water partition coefficient (Wildman–Crippen LogP) is 3.49. The van der Waals surface area contributed by atoms with Crippen molar-refractivity contribution in [3.63, 3.8) is 0 Å². The molecule has 1 aliphatic rings. The number of halogens is 1. The summed E-state index contributed by atoms with van der Waals surface area (Å²) in [5, 5.41) is 6.28. The van der Waals surface area contributed by atoms with E-state index in [1.165, 1.54) is 5.01 Å². The number of hydrogen-bond acceptors (Lipinski definition) is 4. The number of methoxy groups -OCH3 is 1. The highest BCUT2D eigenvalue weighted by Crippen LogP contribution is 2.24. The Morgan fingerprint density at radius 1 is 1.21 bits per heavy atom. The largest absolute Gasteiger partial charge is 0.496 e. The summed E-state index contributed by atoms with van der Waals surface area (Å²) in [6, 6.07) is 14.9. The first-order chi connectivity index (χ1) is 13.5. The number of nitrogens with zero attached hydrogens (tertiary/aromatic N) is 3. The highest BCUT2D eigenvalue weighted by atomic mass is 35.5. The molecule has 1 heterocycles. The van der Waals surface area contributed by atoms with Crippen LogP contribution in [0.15, 0.2) is 53.6 Å². The fourth-order valence-corrected chi connectivity index (χ4v) is 3.25. The van der Waals surface area contributed by atoms with Gasteiger partial charge in [-0.15, -0.1) is 0 Å². The Labute approximate surface area is 169 Å². The van der Waals surface area contributed by atoms with Crippen molar-refractivity contribution in [3.8, 4) is 5.75 Å². The van der Waals surface area contributed by atoms with Crippen LogP contribution in [-0.2, 0) is 22.7 Å². The summed E-state index contributed by atoms with van der Waals surface area (Å²) in [4.78, 5) is 26.6. The second-order valence-corrected chi connectivity index (χ2v) is 7.04. The smallest absolute Gasteiger partial charge is 0.270 e. The molecule has 0 bridgehead atoms. The summed E-state index contributed by atoms with van der Waals surface area (Å²) in [6.45, 7) is 0.677. The van der Waals surface area contributed by atoms with E-state index in [-0.39, 0.29) is 18.2 Å². The lowest BCUT2D eigenvalue weighted by molar-refractivity contribution is -0.132. The van der Waals surface area contributed by atoms with E-state index in [9.17, 15) is 9.59 Å². The molecule has 2 aromatic carbocycles. The van der Waals surface area contributed by atoms with Crippen LogP contribution in [0.5, 0.6) is 5.75 Å². The van der Waals surface area contributed by atoms with Crippen LogP contribution in [0, 0.1) is 0 Å². The normalized spacial score (nSPS) is 13.9. The van der Waals surface area contributed by atoms with Crippen LogP contribution in [0.25, 0.3) is 0 Å². The lowest BCUT2D eigenvalue weighted by Crippen LogP contribution is -2.39. The van der Waals surface area contributed by atoms with Crippen LogP contribution in [0.1, 0.15) is 24.0 Å². The van der Waals surface area contributed by atoms with Gasteiger partial charge in [-0.3, -0.25) is 9.59 Å². The SMILES string of the molecule is COc1ccc(Cl)cc1CN(C)C(=O)C1=NN(Cc2ccccc2)C(=O)CC1. The fraction of sp³-hybridized carbons (Fsp3) is 0.286. The minimum absolute atomic E-state index is 0.0837. The second kappa shape index (κ2) is 8.89. The van der Waals surface area contributed by atoms with E-state index in [2.05, 4.69) is 5.10 Å². The average Bonchev–Trinajstić information content (AvgIpc) is 2.70. The van der Waals surface area contributed by atoms with Gasteiger partial charge in [0.15, 0.2) is 0 Å². The summed E-state index contributed by atoms with van der Waals surface area (Å²) in [5.74, 6) is 0.364. The maximum absolute atomic E-state index is 12.9. The molecule has 0 atom stereocenters. The van der Waals surface area contributed by atoms with Crippen LogP contribution < -0.4 is 4.74 Å². The Bertz CT molecular complexity index is 899. The van der Waals surface area contributed by atoms with Gasteiger partial charge in [0.1, 0.15) is 11.5 Å². The van der Waals surface area contributed by atoms with Crippen molar-refractivity contribution in [1.82, 2.24) is 9.91 Å². The van der Waals surface area contributed by atoms with Crippen LogP contribution >= 0.6 is 11.6 Å². The van der Waals surface area contributed by atoms with Crippen LogP contribution in [-0.4, -0.2) is 41.6 Å². The van der Waals surface area contributed by atoms with E-state index in [0.29, 0.717) is 36.0 Å². The fourth-order valence-electron chi connectivity index (χ4n) is 3.05. The van der Waals surface area contributed by atoms with E-state index < -0.39 is 0 Å². The molecule has 0 unspecified atom stereocenters. The number of amides is 2. The Hall–Kier alpha value is -2.86. The molecule has 0 fully saturated rings. The molecular formula is C21H22ClN3O3. The molecular weight excluding hydrogens is 378 g/mol. The summed E-state index contributed by atoms with van der Waals surface area (Å²) in [6.07, 6.45) is 0.603. The first kappa shape index (κ1) is 19.9. The number of ether oxygens (including phenoxy) is 1. The van der Waals surface area contributed by atoms with Crippen molar-refractivity contribution in [1.29, 1.82) is 0 Å². The summed E-state index contributed by atoms with van der Waals surface area (Å²) in [5.41, 5.74) is 2.14. The van der Waals surface area contributed by atoms with Crippen LogP contribution in [0.3, 0.4) is 0 Å². The Kier molecular flexibility index (Phi) is 6.31. The van der Waals surface area contributed by atoms with Gasteiger partial charge in [-0.2, -0.15) is 5.10 Å². The zero-order valence-corrected chi connectivity index (χ0v) is 16.6. The molecule has 6 nitrogen and oxygen atoms in total. The van der Waals surface area contributed by atoms with Crippen molar-refractivity contribution in [3.05, 3.63) is 64.7 Å². The molecule has 0 spiro atoms. The first-order valence-electron chi connectivity index (χ1n) is 8.97. The van der Waals surface area contributed by atoms with E-state index in [1.807, 2.05) is 30.3 Å². The molecule has 2 aromatic rings. The molecule has 7 heteroatoms. The van der Waals surface area contributed by atoms with Gasteiger partial charge in [0.2, 0.25) is 5.91 Å². The number of carbonyl (C=O) groups excluding carboxylic acids is 2. The number of carbonyl (C=O) groups is 2. The van der Waals surface area contributed by atoms with Gasteiger partial charge in [0.25, 0.3) is 5.91 Å². The minimum Gasteiger partial charge on any atom is -0.496 e. The third-order valence-electron chi connectivity index (χ3n) is 4.52. The Morgan fingerprint density at radius 3 is 2.68 bits per heavy atom. The predicted molar refractivity (Wildman–Crippen MR) is 108 cm³/mol. The number of rotatable bonds is 6. The van der Waals surface area contributed by atoms with Gasteiger partial charge in [-0.05, 0) is 23.8 Å². The Morgan fingerprint density at radius 2 is 1.96 bits per heavy atom. The summed E-state index contributed by atoms with van der Waals surface area (Å²) < 4.78 is 5.34. The maximum atomic E-state index is 12.9. The van der Waals surface area contributed by atoms with Crippen molar-refractivity contribution < 1.29 is 14.3 Å². The van der Waals surface area contributed by atoms with Crippen molar-refractivity contribution >= 4 is 29.1 Å². The van der Waals surface area contributed by atoms with Crippen molar-refractivity contribution in [2.75, 3.05) is 14.2 Å². The van der Waals surface area contributed by atoms with Gasteiger partial charge in [-0.25, -0.2) is 5.01 Å². The topological polar surface area (TPSA) is 62.2 Å². The number of hydrazone groups is 1. The Balaban J connectivity index is 1.74. The van der Waals surface area contributed by atoms with Gasteiger partial charge in [0.05, 0.1) is 13.7 Å². The molecule has 146 valence electrons. The molecule has 3 rings (SSSR count). The number of hydrogen-bond donors (Lipinski definition) is 0. The average molecular weight is 400 g/mol. The molecule has 0 saturated carbocycles. The molecule has 0 saturated heterocycles.